The van der Waals surface area contributed by atoms with Crippen molar-refractivity contribution in [2.45, 2.75) is 116 Å². The van der Waals surface area contributed by atoms with Crippen molar-refractivity contribution in [1.29, 1.82) is 0 Å². The van der Waals surface area contributed by atoms with Crippen molar-refractivity contribution in [3.8, 4) is 11.5 Å². The van der Waals surface area contributed by atoms with Crippen LogP contribution in [-0.2, 0) is 97.2 Å². The third-order valence-electron chi connectivity index (χ3n) is 20.3. The van der Waals surface area contributed by atoms with Gasteiger partial charge in [-0.1, -0.05) is 100 Å². The molecule has 4 heterocycles. The third-order valence-corrected chi connectivity index (χ3v) is 20.3. The fourth-order valence-corrected chi connectivity index (χ4v) is 13.9. The first kappa shape index (κ1) is 94.7. The van der Waals surface area contributed by atoms with Gasteiger partial charge in [0.1, 0.15) is 35.7 Å². The van der Waals surface area contributed by atoms with E-state index < -0.39 is 83.4 Å². The number of H-pyrrole nitrogens is 4. The summed E-state index contributed by atoms with van der Waals surface area (Å²) in [6.45, 7) is 12.4. The number of aliphatic carboxylic acids is 2. The summed E-state index contributed by atoms with van der Waals surface area (Å²) in [4.78, 5) is 146. The van der Waals surface area contributed by atoms with Crippen LogP contribution < -0.4 is 52.0 Å². The normalized spacial score (nSPS) is 12.4. The lowest BCUT2D eigenvalue weighted by Crippen LogP contribution is -2.45. The molecule has 125 heavy (non-hydrogen) atoms. The third kappa shape index (κ3) is 31.1. The quantitative estimate of drug-likeness (QED) is 0.0158. The number of para-hydroxylation sites is 4. The number of carbonyl (C=O) groups excluding carboxylic acids is 8. The van der Waals surface area contributed by atoms with E-state index in [9.17, 15) is 58.2 Å². The lowest BCUT2D eigenvalue weighted by Gasteiger charge is -2.21. The molecule has 0 aliphatic rings. The molecule has 0 saturated carbocycles. The number of hydrogen-bond acceptors (Lipinski definition) is 19. The second kappa shape index (κ2) is 50.3. The second-order valence-electron chi connectivity index (χ2n) is 30.7. The monoisotopic (exact) mass is 1720 g/mol. The summed E-state index contributed by atoms with van der Waals surface area (Å²) in [7, 11) is 0. The zero-order chi connectivity index (χ0) is 88.7. The number of aromatic nitrogens is 4. The molecular formula is C92H114N12O21. The minimum atomic E-state index is -1.17. The summed E-state index contributed by atoms with van der Waals surface area (Å²) in [6, 6.07) is 35.0. The number of benzene rings is 6. The van der Waals surface area contributed by atoms with Gasteiger partial charge in [-0.15, -0.1) is 0 Å². The summed E-state index contributed by atoms with van der Waals surface area (Å²) < 4.78 is 51.8. The fourth-order valence-electron chi connectivity index (χ4n) is 13.9. The van der Waals surface area contributed by atoms with E-state index in [4.69, 9.17) is 42.6 Å². The van der Waals surface area contributed by atoms with E-state index >= 15 is 0 Å². The second-order valence-corrected chi connectivity index (χ2v) is 30.7. The molecule has 0 saturated heterocycles. The molecule has 8 amide bonds. The number of amides is 8. The Hall–Kier alpha value is -12.5. The topological polar surface area (TPSA) is 454 Å². The smallest absolute Gasteiger partial charge is 0.326 e. The predicted octanol–water partition coefficient (Wildman–Crippen LogP) is 9.25. The van der Waals surface area contributed by atoms with Gasteiger partial charge in [0.15, 0.2) is 0 Å². The number of fused-ring (bicyclic) bond motifs is 4. The van der Waals surface area contributed by atoms with Gasteiger partial charge in [0.2, 0.25) is 35.4 Å². The molecule has 0 bridgehead atoms. The molecule has 0 radical (unpaired) electrons. The van der Waals surface area contributed by atoms with Crippen LogP contribution in [0.5, 0.6) is 11.5 Å². The molecule has 14 N–H and O–H groups in total. The van der Waals surface area contributed by atoms with Crippen LogP contribution in [0.2, 0.25) is 0 Å². The molecule has 10 aromatic rings. The van der Waals surface area contributed by atoms with Crippen LogP contribution in [-0.4, -0.2) is 232 Å². The van der Waals surface area contributed by atoms with Gasteiger partial charge >= 0.3 is 11.9 Å². The van der Waals surface area contributed by atoms with Gasteiger partial charge in [-0.05, 0) is 108 Å². The van der Waals surface area contributed by atoms with E-state index in [0.717, 1.165) is 65.9 Å². The Balaban J connectivity index is 0.544. The van der Waals surface area contributed by atoms with Crippen molar-refractivity contribution in [3.63, 3.8) is 0 Å². The van der Waals surface area contributed by atoms with Crippen LogP contribution in [0.3, 0.4) is 0 Å². The van der Waals surface area contributed by atoms with Gasteiger partial charge in [-0.2, -0.15) is 0 Å². The highest BCUT2D eigenvalue weighted by molar-refractivity contribution is 6.03. The summed E-state index contributed by atoms with van der Waals surface area (Å²) in [5.74, 6) is -6.40. The maximum atomic E-state index is 14.4. The summed E-state index contributed by atoms with van der Waals surface area (Å²) >= 11 is 0. The number of aromatic amines is 4. The minimum Gasteiger partial charge on any atom is -0.491 e. The lowest BCUT2D eigenvalue weighted by atomic mass is 10.0. The van der Waals surface area contributed by atoms with E-state index in [1.807, 2.05) is 137 Å². The average molecular weight is 1720 g/mol. The van der Waals surface area contributed by atoms with E-state index in [2.05, 4.69) is 62.5 Å². The van der Waals surface area contributed by atoms with Crippen LogP contribution in [0, 0.1) is 11.8 Å². The van der Waals surface area contributed by atoms with E-state index in [0.29, 0.717) is 78.9 Å². The van der Waals surface area contributed by atoms with Crippen LogP contribution in [0.4, 0.5) is 11.4 Å². The number of rotatable bonds is 58. The SMILES string of the molecule is CC(C)C[C@H](NC(=O)c1ccc(NC(=O)[C@H](Cc2c[nH]c3ccccc23)NC(=O)CCC(=O)NCCOCCOCCOCCOCCOCCOCCOCCNC(=O)CCC(=O)N[C@@H](Cc2c[nH]c3ccccc23)C(=O)Nc2ccc(C(=O)N[C@@H](CC(C)C)C(=O)O)cc2OCCc2c[nH]c3ccccc23)c(OCCc2c[nH]c3ccccc23)c1)C(=O)O. The van der Waals surface area contributed by atoms with Gasteiger partial charge < -0.3 is 115 Å². The largest absolute Gasteiger partial charge is 0.491 e. The molecular weight excluding hydrogens is 1610 g/mol. The Morgan fingerprint density at radius 3 is 0.952 bits per heavy atom. The van der Waals surface area contributed by atoms with Gasteiger partial charge in [0, 0.05) is 144 Å². The Bertz CT molecular complexity index is 4880. The number of carbonyl (C=O) groups is 10. The van der Waals surface area contributed by atoms with Crippen LogP contribution >= 0.6 is 0 Å². The highest BCUT2D eigenvalue weighted by atomic mass is 16.6. The van der Waals surface area contributed by atoms with Gasteiger partial charge in [0.05, 0.1) is 117 Å². The van der Waals surface area contributed by atoms with Crippen molar-refractivity contribution < 1.29 is 101 Å². The standard InChI is InChI=1S/C92H114N12O21/c1-59(2)49-79(91(113)114)103-87(109)61-21-23-75(81(53-61)124-33-29-63-55-95-71-17-9-5-13-67(63)71)101-89(111)77(51-65-57-97-73-19-11-7-15-69(65)73)99-85(107)27-25-83(105)93-31-35-117-37-39-119-41-43-121-45-47-123-48-46-122-44-42-120-40-38-118-36-32-94-84(106)26-28-86(108)100-78(52-66-58-98-74-20-12-8-16-70(66)74)90(112)102-76-24-22-62(88(110)104-80(92(115)116)50-60(3)4)54-82(76)125-34-30-64-56-96-72-18-10-6-14-68(64)72/h5-24,53-60,77-80,95-98H,25-52H2,1-4H3,(H,93,105)(H,94,106)(H,99,107)(H,100,108)(H,101,111)(H,102,112)(H,103,109)(H,104,110)(H,113,114)(H,115,116)/t77-,78-,79-,80-/m0/s1. The molecule has 668 valence electrons. The number of carboxylic acids is 2. The Morgan fingerprint density at radius 2 is 0.632 bits per heavy atom. The molecule has 33 heteroatoms. The van der Waals surface area contributed by atoms with Crippen LogP contribution in [0.15, 0.2) is 158 Å². The average Bonchev–Trinajstić information content (AvgIpc) is 1.80. The Labute approximate surface area is 723 Å². The highest BCUT2D eigenvalue weighted by Crippen LogP contribution is 2.32. The zero-order valence-electron chi connectivity index (χ0n) is 70.9. The van der Waals surface area contributed by atoms with E-state index in [-0.39, 0.29) is 150 Å². The fraction of sp³-hybridized carbons (Fsp3) is 0.413. The van der Waals surface area contributed by atoms with Gasteiger partial charge in [-0.25, -0.2) is 9.59 Å². The minimum absolute atomic E-state index is 0.0110. The molecule has 0 fully saturated rings. The first-order valence-corrected chi connectivity index (χ1v) is 42.2. The van der Waals surface area contributed by atoms with Crippen LogP contribution in [0.25, 0.3) is 43.6 Å². The maximum absolute atomic E-state index is 14.4. The molecule has 4 atom stereocenters. The van der Waals surface area contributed by atoms with Gasteiger partial charge in [-0.3, -0.25) is 38.4 Å². The molecule has 0 spiro atoms. The summed E-state index contributed by atoms with van der Waals surface area (Å²) in [5.41, 5.74) is 7.70. The number of nitrogens with one attached hydrogen (secondary N) is 12. The summed E-state index contributed by atoms with van der Waals surface area (Å²) in [6.07, 6.45) is 8.05. The zero-order valence-corrected chi connectivity index (χ0v) is 70.9. The van der Waals surface area contributed by atoms with E-state index in [1.165, 1.54) is 36.4 Å². The molecule has 33 nitrogen and oxygen atoms in total. The first-order chi connectivity index (χ1) is 60.6. The van der Waals surface area contributed by atoms with Gasteiger partial charge in [0.25, 0.3) is 11.8 Å². The number of ether oxygens (including phenoxy) is 9. The number of anilines is 2. The molecule has 0 unspecified atom stereocenters. The molecule has 4 aromatic heterocycles. The summed E-state index contributed by atoms with van der Waals surface area (Å²) in [5, 5.41) is 45.6. The Morgan fingerprint density at radius 1 is 0.336 bits per heavy atom. The van der Waals surface area contributed by atoms with Crippen molar-refractivity contribution in [2.24, 2.45) is 11.8 Å². The van der Waals surface area contributed by atoms with Crippen molar-refractivity contribution >= 4 is 114 Å². The van der Waals surface area contributed by atoms with Crippen molar-refractivity contribution in [2.75, 3.05) is 129 Å². The molecule has 6 aromatic carbocycles. The maximum Gasteiger partial charge on any atom is 0.326 e. The highest BCUT2D eigenvalue weighted by Gasteiger charge is 2.30. The Kier molecular flexibility index (Phi) is 38.1. The number of carboxylic acid groups (broad SMARTS) is 2. The molecule has 10 rings (SSSR count). The molecule has 0 aliphatic heterocycles. The van der Waals surface area contributed by atoms with Crippen LogP contribution in [0.1, 0.15) is 109 Å². The molecule has 0 aliphatic carbocycles. The predicted molar refractivity (Wildman–Crippen MR) is 470 cm³/mol. The first-order valence-electron chi connectivity index (χ1n) is 42.2. The van der Waals surface area contributed by atoms with Crippen molar-refractivity contribution in [3.05, 3.63) is 192 Å². The number of hydrogen-bond donors (Lipinski definition) is 14. The van der Waals surface area contributed by atoms with E-state index in [1.54, 1.807) is 12.4 Å². The lowest BCUT2D eigenvalue weighted by molar-refractivity contribution is -0.140. The van der Waals surface area contributed by atoms with Crippen molar-refractivity contribution in [1.82, 2.24) is 51.8 Å².